The van der Waals surface area contributed by atoms with Crippen molar-refractivity contribution in [2.24, 2.45) is 0 Å². The van der Waals surface area contributed by atoms with E-state index in [2.05, 4.69) is 20.8 Å². The fraction of sp³-hybridized carbons (Fsp3) is 0.143. The normalized spacial score (nSPS) is 10.4. The summed E-state index contributed by atoms with van der Waals surface area (Å²) in [5.74, 6) is -1.24. The SMILES string of the molecule is COc1ccc(NC(=O)CSCC(=O)Nc2ccc(-c3c(F)cccc3F)nn2)cc1. The number of carbonyl (C=O) groups excluding carboxylic acids is 2. The van der Waals surface area contributed by atoms with Crippen LogP contribution < -0.4 is 15.4 Å². The van der Waals surface area contributed by atoms with Crippen LogP contribution in [0, 0.1) is 11.6 Å². The third-order valence-corrected chi connectivity index (χ3v) is 4.92. The van der Waals surface area contributed by atoms with Crippen LogP contribution in [0.25, 0.3) is 11.3 Å². The number of hydrogen-bond donors (Lipinski definition) is 2. The van der Waals surface area contributed by atoms with Gasteiger partial charge in [-0.15, -0.1) is 22.0 Å². The van der Waals surface area contributed by atoms with Crippen molar-refractivity contribution < 1.29 is 23.1 Å². The van der Waals surface area contributed by atoms with Crippen molar-refractivity contribution in [1.29, 1.82) is 0 Å². The van der Waals surface area contributed by atoms with Crippen LogP contribution in [0.15, 0.2) is 54.6 Å². The summed E-state index contributed by atoms with van der Waals surface area (Å²) in [4.78, 5) is 24.0. The summed E-state index contributed by atoms with van der Waals surface area (Å²) in [7, 11) is 1.55. The molecule has 31 heavy (non-hydrogen) atoms. The van der Waals surface area contributed by atoms with E-state index in [1.165, 1.54) is 18.2 Å². The first-order chi connectivity index (χ1) is 15.0. The molecular formula is C21H18F2N4O3S. The number of thioether (sulfide) groups is 1. The predicted octanol–water partition coefficient (Wildman–Crippen LogP) is 3.74. The van der Waals surface area contributed by atoms with Gasteiger partial charge in [-0.3, -0.25) is 9.59 Å². The van der Waals surface area contributed by atoms with Gasteiger partial charge >= 0.3 is 0 Å². The highest BCUT2D eigenvalue weighted by atomic mass is 32.2. The van der Waals surface area contributed by atoms with E-state index in [1.54, 1.807) is 31.4 Å². The number of nitrogens with zero attached hydrogens (tertiary/aromatic N) is 2. The largest absolute Gasteiger partial charge is 0.497 e. The second-order valence-corrected chi connectivity index (χ2v) is 7.20. The van der Waals surface area contributed by atoms with Crippen molar-refractivity contribution in [2.45, 2.75) is 0 Å². The number of carbonyl (C=O) groups is 2. The number of hydrogen-bond acceptors (Lipinski definition) is 6. The van der Waals surface area contributed by atoms with E-state index < -0.39 is 11.6 Å². The molecule has 2 amide bonds. The Hall–Kier alpha value is -3.53. The first-order valence-corrected chi connectivity index (χ1v) is 10.2. The van der Waals surface area contributed by atoms with Crippen LogP contribution >= 0.6 is 11.8 Å². The number of halogens is 2. The molecule has 0 aliphatic carbocycles. The zero-order valence-electron chi connectivity index (χ0n) is 16.4. The van der Waals surface area contributed by atoms with Crippen LogP contribution in [0.5, 0.6) is 5.75 Å². The molecule has 160 valence electrons. The fourth-order valence-electron chi connectivity index (χ4n) is 2.56. The molecule has 2 aromatic carbocycles. The van der Waals surface area contributed by atoms with E-state index >= 15 is 0 Å². The molecule has 0 radical (unpaired) electrons. The van der Waals surface area contributed by atoms with Gasteiger partial charge in [-0.1, -0.05) is 6.07 Å². The molecule has 10 heteroatoms. The monoisotopic (exact) mass is 444 g/mol. The van der Waals surface area contributed by atoms with Crippen LogP contribution in [0.2, 0.25) is 0 Å². The zero-order chi connectivity index (χ0) is 22.2. The van der Waals surface area contributed by atoms with Crippen LogP contribution in [0.3, 0.4) is 0 Å². The Morgan fingerprint density at radius 2 is 1.55 bits per heavy atom. The van der Waals surface area contributed by atoms with Crippen molar-refractivity contribution in [3.05, 3.63) is 66.2 Å². The Morgan fingerprint density at radius 3 is 2.13 bits per heavy atom. The lowest BCUT2D eigenvalue weighted by Crippen LogP contribution is -2.19. The molecular weight excluding hydrogens is 426 g/mol. The Kier molecular flexibility index (Phi) is 7.50. The third kappa shape index (κ3) is 6.22. The van der Waals surface area contributed by atoms with Gasteiger partial charge in [0.2, 0.25) is 11.8 Å². The Balaban J connectivity index is 1.45. The van der Waals surface area contributed by atoms with Gasteiger partial charge in [0.05, 0.1) is 29.9 Å². The number of rotatable bonds is 8. The van der Waals surface area contributed by atoms with E-state index in [-0.39, 0.29) is 40.4 Å². The van der Waals surface area contributed by atoms with Crippen molar-refractivity contribution in [3.63, 3.8) is 0 Å². The minimum absolute atomic E-state index is 0.0122. The number of methoxy groups -OCH3 is 1. The number of amides is 2. The lowest BCUT2D eigenvalue weighted by molar-refractivity contribution is -0.114. The maximum absolute atomic E-state index is 13.8. The molecule has 1 aromatic heterocycles. The summed E-state index contributed by atoms with van der Waals surface area (Å²) in [6.45, 7) is 0. The third-order valence-electron chi connectivity index (χ3n) is 3.99. The van der Waals surface area contributed by atoms with Gasteiger partial charge in [0, 0.05) is 5.69 Å². The van der Waals surface area contributed by atoms with Gasteiger partial charge in [0.15, 0.2) is 5.82 Å². The van der Waals surface area contributed by atoms with Gasteiger partial charge < -0.3 is 15.4 Å². The van der Waals surface area contributed by atoms with Gasteiger partial charge in [0.25, 0.3) is 0 Å². The molecule has 0 aliphatic rings. The Morgan fingerprint density at radius 1 is 0.903 bits per heavy atom. The minimum atomic E-state index is -0.754. The van der Waals surface area contributed by atoms with Gasteiger partial charge in [-0.05, 0) is 48.5 Å². The van der Waals surface area contributed by atoms with E-state index in [9.17, 15) is 18.4 Å². The summed E-state index contributed by atoms with van der Waals surface area (Å²) in [5, 5.41) is 12.8. The molecule has 7 nitrogen and oxygen atoms in total. The number of anilines is 2. The second kappa shape index (κ2) is 10.5. The predicted molar refractivity (Wildman–Crippen MR) is 115 cm³/mol. The highest BCUT2D eigenvalue weighted by molar-refractivity contribution is 8.00. The number of ether oxygens (including phenoxy) is 1. The minimum Gasteiger partial charge on any atom is -0.497 e. The first-order valence-electron chi connectivity index (χ1n) is 9.06. The van der Waals surface area contributed by atoms with E-state index in [0.29, 0.717) is 11.4 Å². The molecule has 0 fully saturated rings. The van der Waals surface area contributed by atoms with E-state index in [0.717, 1.165) is 23.9 Å². The van der Waals surface area contributed by atoms with E-state index in [4.69, 9.17) is 4.74 Å². The van der Waals surface area contributed by atoms with Crippen LogP contribution in [0.4, 0.5) is 20.3 Å². The van der Waals surface area contributed by atoms with E-state index in [1.807, 2.05) is 0 Å². The first kappa shape index (κ1) is 22.2. The summed E-state index contributed by atoms with van der Waals surface area (Å²) in [6, 6.07) is 13.1. The smallest absolute Gasteiger partial charge is 0.235 e. The van der Waals surface area contributed by atoms with Crippen LogP contribution in [0.1, 0.15) is 0 Å². The molecule has 1 heterocycles. The van der Waals surface area contributed by atoms with Crippen molar-refractivity contribution in [1.82, 2.24) is 10.2 Å². The number of nitrogens with one attached hydrogen (secondary N) is 2. The average Bonchev–Trinajstić information content (AvgIpc) is 2.75. The number of aromatic nitrogens is 2. The van der Waals surface area contributed by atoms with Crippen LogP contribution in [-0.2, 0) is 9.59 Å². The summed E-state index contributed by atoms with van der Waals surface area (Å²) in [6.07, 6.45) is 0. The Labute approximate surface area is 181 Å². The summed E-state index contributed by atoms with van der Waals surface area (Å²) >= 11 is 1.12. The molecule has 0 bridgehead atoms. The molecule has 0 spiro atoms. The maximum atomic E-state index is 13.8. The highest BCUT2D eigenvalue weighted by Crippen LogP contribution is 2.24. The van der Waals surface area contributed by atoms with Crippen molar-refractivity contribution >= 4 is 35.1 Å². The van der Waals surface area contributed by atoms with Crippen molar-refractivity contribution in [3.8, 4) is 17.0 Å². The molecule has 3 rings (SSSR count). The molecule has 2 N–H and O–H groups in total. The summed E-state index contributed by atoms with van der Waals surface area (Å²) in [5.41, 5.74) is 0.349. The van der Waals surface area contributed by atoms with Gasteiger partial charge in [-0.25, -0.2) is 8.78 Å². The number of benzene rings is 2. The summed E-state index contributed by atoms with van der Waals surface area (Å²) < 4.78 is 32.7. The average molecular weight is 444 g/mol. The maximum Gasteiger partial charge on any atom is 0.235 e. The molecule has 0 saturated heterocycles. The lowest BCUT2D eigenvalue weighted by atomic mass is 10.1. The van der Waals surface area contributed by atoms with Gasteiger partial charge in [-0.2, -0.15) is 0 Å². The molecule has 0 unspecified atom stereocenters. The zero-order valence-corrected chi connectivity index (χ0v) is 17.2. The fourth-order valence-corrected chi connectivity index (χ4v) is 3.18. The van der Waals surface area contributed by atoms with Crippen molar-refractivity contribution in [2.75, 3.05) is 29.2 Å². The topological polar surface area (TPSA) is 93.2 Å². The quantitative estimate of drug-likeness (QED) is 0.550. The lowest BCUT2D eigenvalue weighted by Gasteiger charge is -2.07. The molecule has 0 aliphatic heterocycles. The second-order valence-electron chi connectivity index (χ2n) is 6.22. The molecule has 3 aromatic rings. The van der Waals surface area contributed by atoms with Crippen LogP contribution in [-0.4, -0.2) is 40.6 Å². The molecule has 0 saturated carbocycles. The highest BCUT2D eigenvalue weighted by Gasteiger charge is 2.13. The Bertz CT molecular complexity index is 1040. The standard InChI is InChI=1S/C21H18F2N4O3S/c1-30-14-7-5-13(6-8-14)24-19(28)11-31-12-20(29)25-18-10-9-17(26-27-18)21-15(22)3-2-4-16(21)23/h2-10H,11-12H2,1H3,(H,24,28)(H,25,27,29). The molecule has 0 atom stereocenters. The van der Waals surface area contributed by atoms with Gasteiger partial charge in [0.1, 0.15) is 17.4 Å².